The molecule has 2 heterocycles. The molecule has 1 aliphatic heterocycles. The average Bonchev–Trinajstić information content (AvgIpc) is 2.84. The minimum absolute atomic E-state index is 0.113. The Balaban J connectivity index is 1.99. The highest BCUT2D eigenvalue weighted by Crippen LogP contribution is 2.31. The first-order valence-corrected chi connectivity index (χ1v) is 9.13. The molecule has 25 heavy (non-hydrogen) atoms. The number of nitrogens with zero attached hydrogens (tertiary/aromatic N) is 2. The number of aliphatic hydroxyl groups excluding tert-OH is 2. The van der Waals surface area contributed by atoms with Crippen LogP contribution in [0.15, 0.2) is 12.1 Å². The van der Waals surface area contributed by atoms with Crippen LogP contribution in [0.25, 0.3) is 11.0 Å². The molecule has 2 aromatic rings. The van der Waals surface area contributed by atoms with Crippen molar-refractivity contribution < 1.29 is 14.9 Å². The number of halogens is 2. The van der Waals surface area contributed by atoms with Crippen LogP contribution in [-0.2, 0) is 11.3 Å². The lowest BCUT2D eigenvalue weighted by molar-refractivity contribution is -0.156. The summed E-state index contributed by atoms with van der Waals surface area (Å²) >= 11 is 12.3. The van der Waals surface area contributed by atoms with E-state index in [4.69, 9.17) is 27.9 Å². The zero-order valence-corrected chi connectivity index (χ0v) is 15.9. The van der Waals surface area contributed by atoms with Gasteiger partial charge in [0.2, 0.25) is 5.95 Å². The highest BCUT2D eigenvalue weighted by Gasteiger charge is 2.36. The number of aromatic nitrogens is 2. The summed E-state index contributed by atoms with van der Waals surface area (Å²) in [6, 6.07) is 3.72. The first-order valence-electron chi connectivity index (χ1n) is 8.37. The second kappa shape index (κ2) is 7.29. The molecule has 1 saturated heterocycles. The summed E-state index contributed by atoms with van der Waals surface area (Å²) in [5.74, 6) is 0.482. The Morgan fingerprint density at radius 2 is 2.00 bits per heavy atom. The number of fused-ring (bicyclic) bond motifs is 1. The van der Waals surface area contributed by atoms with Crippen LogP contribution >= 0.6 is 23.2 Å². The van der Waals surface area contributed by atoms with Crippen molar-refractivity contribution >= 4 is 40.2 Å². The van der Waals surface area contributed by atoms with E-state index in [0.717, 1.165) is 11.0 Å². The van der Waals surface area contributed by atoms with E-state index in [9.17, 15) is 10.2 Å². The van der Waals surface area contributed by atoms with Crippen LogP contribution in [0, 0.1) is 5.92 Å². The van der Waals surface area contributed by atoms with Crippen molar-refractivity contribution in [1.29, 1.82) is 0 Å². The van der Waals surface area contributed by atoms with Crippen molar-refractivity contribution in [3.8, 4) is 0 Å². The molecule has 0 saturated carbocycles. The molecule has 3 N–H and O–H groups in total. The molecule has 138 valence electrons. The highest BCUT2D eigenvalue weighted by molar-refractivity contribution is 6.42. The van der Waals surface area contributed by atoms with Crippen LogP contribution in [0.4, 0.5) is 5.95 Å². The van der Waals surface area contributed by atoms with Crippen molar-refractivity contribution in [3.63, 3.8) is 0 Å². The number of nitrogens with one attached hydrogen (secondary N) is 1. The van der Waals surface area contributed by atoms with Gasteiger partial charge in [0.15, 0.2) is 0 Å². The maximum Gasteiger partial charge on any atom is 0.204 e. The zero-order chi connectivity index (χ0) is 18.3. The lowest BCUT2D eigenvalue weighted by atomic mass is 9.91. The molecule has 0 bridgehead atoms. The Morgan fingerprint density at radius 3 is 2.68 bits per heavy atom. The van der Waals surface area contributed by atoms with Gasteiger partial charge in [0.1, 0.15) is 6.10 Å². The van der Waals surface area contributed by atoms with Crippen LogP contribution in [-0.4, -0.2) is 50.7 Å². The van der Waals surface area contributed by atoms with E-state index in [-0.39, 0.29) is 24.7 Å². The van der Waals surface area contributed by atoms with Gasteiger partial charge in [0.25, 0.3) is 0 Å². The molecule has 3 rings (SSSR count). The molecule has 0 amide bonds. The molecule has 8 heteroatoms. The standard InChI is InChI=1S/C17H23Cl2N3O3/c1-8(2)20-17-21-12-4-10(18)11(19)5-13(12)22(17)6-15-9(3)16(24)14(23)7-25-15/h4-5,8-9,14-16,23-24H,6-7H2,1-3H3,(H,20,21)/t9-,14-,15+,16+/m0/s1. The first-order chi connectivity index (χ1) is 11.8. The first kappa shape index (κ1) is 18.7. The van der Waals surface area contributed by atoms with Gasteiger partial charge < -0.3 is 24.8 Å². The molecule has 0 spiro atoms. The quantitative estimate of drug-likeness (QED) is 0.751. The number of aliphatic hydroxyl groups is 2. The minimum atomic E-state index is -0.854. The number of rotatable bonds is 4. The van der Waals surface area contributed by atoms with Gasteiger partial charge in [-0.25, -0.2) is 4.98 Å². The lowest BCUT2D eigenvalue weighted by Gasteiger charge is -2.36. The van der Waals surface area contributed by atoms with Crippen LogP contribution in [0.2, 0.25) is 10.0 Å². The Morgan fingerprint density at radius 1 is 1.32 bits per heavy atom. The summed E-state index contributed by atoms with van der Waals surface area (Å²) in [4.78, 5) is 4.62. The van der Waals surface area contributed by atoms with Crippen molar-refractivity contribution in [3.05, 3.63) is 22.2 Å². The summed E-state index contributed by atoms with van der Waals surface area (Å²) in [5, 5.41) is 24.1. The maximum absolute atomic E-state index is 10.1. The molecule has 1 aliphatic rings. The van der Waals surface area contributed by atoms with Gasteiger partial charge in [0, 0.05) is 12.0 Å². The van der Waals surface area contributed by atoms with Crippen LogP contribution in [0.3, 0.4) is 0 Å². The summed E-state index contributed by atoms with van der Waals surface area (Å²) in [6.45, 7) is 6.53. The van der Waals surface area contributed by atoms with Crippen LogP contribution < -0.4 is 5.32 Å². The summed E-state index contributed by atoms with van der Waals surface area (Å²) in [6.07, 6.45) is -1.92. The highest BCUT2D eigenvalue weighted by atomic mass is 35.5. The van der Waals surface area contributed by atoms with E-state index in [0.29, 0.717) is 22.5 Å². The topological polar surface area (TPSA) is 79.5 Å². The van der Waals surface area contributed by atoms with Gasteiger partial charge in [-0.1, -0.05) is 30.1 Å². The third-order valence-corrected chi connectivity index (χ3v) is 5.29. The summed E-state index contributed by atoms with van der Waals surface area (Å²) in [5.41, 5.74) is 1.58. The molecule has 4 atom stereocenters. The largest absolute Gasteiger partial charge is 0.390 e. The fourth-order valence-electron chi connectivity index (χ4n) is 3.12. The molecule has 6 nitrogen and oxygen atoms in total. The molecule has 1 fully saturated rings. The molecular weight excluding hydrogens is 365 g/mol. The predicted molar refractivity (Wildman–Crippen MR) is 99.4 cm³/mol. The second-order valence-corrected chi connectivity index (χ2v) is 7.70. The van der Waals surface area contributed by atoms with Gasteiger partial charge in [0.05, 0.1) is 46.4 Å². The Hall–Kier alpha value is -1.05. The van der Waals surface area contributed by atoms with E-state index in [1.54, 1.807) is 12.1 Å². The van der Waals surface area contributed by atoms with Gasteiger partial charge in [-0.2, -0.15) is 0 Å². The minimum Gasteiger partial charge on any atom is -0.390 e. The predicted octanol–water partition coefficient (Wildman–Crippen LogP) is 2.92. The molecule has 0 unspecified atom stereocenters. The van der Waals surface area contributed by atoms with Gasteiger partial charge >= 0.3 is 0 Å². The third-order valence-electron chi connectivity index (χ3n) is 4.57. The molecular formula is C17H23Cl2N3O3. The summed E-state index contributed by atoms with van der Waals surface area (Å²) < 4.78 is 7.75. The van der Waals surface area contributed by atoms with Crippen molar-refractivity contribution in [2.45, 2.75) is 51.7 Å². The molecule has 0 aliphatic carbocycles. The third kappa shape index (κ3) is 3.73. The van der Waals surface area contributed by atoms with E-state index >= 15 is 0 Å². The van der Waals surface area contributed by atoms with Crippen LogP contribution in [0.5, 0.6) is 0 Å². The fourth-order valence-corrected chi connectivity index (χ4v) is 3.43. The van der Waals surface area contributed by atoms with Gasteiger partial charge in [-0.15, -0.1) is 0 Å². The summed E-state index contributed by atoms with van der Waals surface area (Å²) in [7, 11) is 0. The molecule has 1 aromatic heterocycles. The number of ether oxygens (including phenoxy) is 1. The van der Waals surface area contributed by atoms with Crippen molar-refractivity contribution in [2.75, 3.05) is 11.9 Å². The van der Waals surface area contributed by atoms with Gasteiger partial charge in [-0.3, -0.25) is 0 Å². The smallest absolute Gasteiger partial charge is 0.204 e. The fraction of sp³-hybridized carbons (Fsp3) is 0.588. The van der Waals surface area contributed by atoms with E-state index in [1.807, 2.05) is 25.3 Å². The number of benzene rings is 1. The number of hydrogen-bond donors (Lipinski definition) is 3. The van der Waals surface area contributed by atoms with E-state index in [1.165, 1.54) is 0 Å². The Labute approximate surface area is 156 Å². The Bertz CT molecular complexity index is 765. The lowest BCUT2D eigenvalue weighted by Crippen LogP contribution is -2.49. The zero-order valence-electron chi connectivity index (χ0n) is 14.4. The van der Waals surface area contributed by atoms with E-state index < -0.39 is 12.2 Å². The second-order valence-electron chi connectivity index (χ2n) is 6.89. The maximum atomic E-state index is 10.1. The monoisotopic (exact) mass is 387 g/mol. The van der Waals surface area contributed by atoms with Crippen molar-refractivity contribution in [2.24, 2.45) is 5.92 Å². The SMILES string of the molecule is CC(C)Nc1nc2cc(Cl)c(Cl)cc2n1C[C@H]1OC[C@H](O)[C@H](O)[C@H]1C. The number of hydrogen-bond acceptors (Lipinski definition) is 5. The Kier molecular flexibility index (Phi) is 5.46. The number of anilines is 1. The molecule has 1 aromatic carbocycles. The van der Waals surface area contributed by atoms with Gasteiger partial charge in [-0.05, 0) is 26.0 Å². The van der Waals surface area contributed by atoms with Crippen LogP contribution in [0.1, 0.15) is 20.8 Å². The number of imidazole rings is 1. The normalized spacial score (nSPS) is 27.2. The van der Waals surface area contributed by atoms with E-state index in [2.05, 4.69) is 10.3 Å². The average molecular weight is 388 g/mol. The molecule has 0 radical (unpaired) electrons. The van der Waals surface area contributed by atoms with Crippen molar-refractivity contribution in [1.82, 2.24) is 9.55 Å².